The molecule has 1 aliphatic carbocycles. The highest BCUT2D eigenvalue weighted by Gasteiger charge is 2.35. The Kier molecular flexibility index (Phi) is 4.74. The standard InChI is InChI=1S/C56H34N6/c1-58-52-53(59-44-26-10-2-18-35(44)36-19-3-11-27-45(36)59)43(34-57)54(60-46-28-12-4-20-37(46)38-21-5-13-29-47(38)60)56(62-50-32-16-8-24-41(50)42-25-9-17-33-51(42)62)55(52)61-48-30-14-6-22-39(48)40-23-7-15-31-49(40)61/h2-12,14-28,30-33H,13,29H2/i2D,10D,11D,12D,13D,14D,15D,16D,17D,19D,20D,22D,23D,24D,25D. The van der Waals surface area contributed by atoms with Gasteiger partial charge in [-0.25, -0.2) is 4.85 Å². The zero-order valence-electron chi connectivity index (χ0n) is 47.2. The summed E-state index contributed by atoms with van der Waals surface area (Å²) in [5, 5.41) is 13.8. The molecule has 0 N–H and O–H groups in total. The number of para-hydroxylation sites is 7. The summed E-state index contributed by atoms with van der Waals surface area (Å²) in [4.78, 5) is 4.33. The molecule has 4 heterocycles. The number of nitriles is 1. The minimum absolute atomic E-state index is 0.0278. The molecule has 0 bridgehead atoms. The second-order valence-electron chi connectivity index (χ2n) is 14.9. The van der Waals surface area contributed by atoms with E-state index in [1.807, 2.05) is 0 Å². The molecule has 8 aromatic carbocycles. The smallest absolute Gasteiger partial charge is 0.237 e. The first-order chi connectivity index (χ1) is 36.8. The number of nitrogens with zero attached hydrogens (tertiary/aromatic N) is 6. The maximum Gasteiger partial charge on any atom is 0.237 e. The quantitative estimate of drug-likeness (QED) is 0.163. The molecule has 288 valence electrons. The molecule has 6 nitrogen and oxygen atoms in total. The molecule has 13 rings (SSSR count). The van der Waals surface area contributed by atoms with Crippen molar-refractivity contribution in [1.29, 1.82) is 5.26 Å². The monoisotopic (exact) mass is 805 g/mol. The minimum atomic E-state index is -0.889. The van der Waals surface area contributed by atoms with Gasteiger partial charge in [0.2, 0.25) is 5.69 Å². The van der Waals surface area contributed by atoms with Crippen LogP contribution in [0.4, 0.5) is 5.69 Å². The molecule has 0 fully saturated rings. The van der Waals surface area contributed by atoms with Gasteiger partial charge in [-0.1, -0.05) is 139 Å². The molecule has 0 saturated heterocycles. The summed E-state index contributed by atoms with van der Waals surface area (Å²) in [6.07, 6.45) is 2.45. The van der Waals surface area contributed by atoms with Crippen LogP contribution < -0.4 is 0 Å². The second-order valence-corrected chi connectivity index (χ2v) is 14.9. The highest BCUT2D eigenvalue weighted by atomic mass is 15.1. The van der Waals surface area contributed by atoms with E-state index in [1.54, 1.807) is 21.3 Å². The summed E-state index contributed by atoms with van der Waals surface area (Å²) in [7, 11) is 0. The predicted octanol–water partition coefficient (Wildman–Crippen LogP) is 14.3. The molecule has 12 aromatic rings. The van der Waals surface area contributed by atoms with Crippen molar-refractivity contribution in [3.8, 4) is 28.8 Å². The van der Waals surface area contributed by atoms with Gasteiger partial charge in [0.1, 0.15) is 6.07 Å². The Bertz CT molecular complexity index is 4760. The molecule has 1 aliphatic rings. The molecule has 0 radical (unpaired) electrons. The molecule has 0 spiro atoms. The highest BCUT2D eigenvalue weighted by molar-refractivity contribution is 6.15. The number of allylic oxidation sites excluding steroid dienone is 1. The summed E-state index contributed by atoms with van der Waals surface area (Å²) in [6, 6.07) is 19.6. The third kappa shape index (κ3) is 4.45. The SMILES string of the molecule is [2H]c1cc([2H])c2c3c(n(-c4c(C#N)c(-n5c6cc([2H])c([2H])cc6c6c([2H])cc([2H])cc65)c([N+]#[C-])c(-n5c6cc([2H])cc([2H])c6c6c([2H])cc([2H])cc65)c4-n4c5cc([2H])cc([2H])c5c5c([2H])cc([2H])cc54)c2c1)CC([2H])C=C3. The average molecular weight is 806 g/mol. The predicted molar refractivity (Wildman–Crippen MR) is 255 cm³/mol. The van der Waals surface area contributed by atoms with Gasteiger partial charge in [-0.15, -0.1) is 0 Å². The van der Waals surface area contributed by atoms with Gasteiger partial charge in [-0.05, 0) is 55.3 Å². The Labute approximate surface area is 377 Å². The van der Waals surface area contributed by atoms with Gasteiger partial charge in [0.15, 0.2) is 0 Å². The van der Waals surface area contributed by atoms with E-state index in [-0.39, 0.29) is 196 Å². The van der Waals surface area contributed by atoms with Crippen LogP contribution in [0.2, 0.25) is 0 Å². The van der Waals surface area contributed by atoms with Crippen molar-refractivity contribution >= 4 is 88.1 Å². The van der Waals surface area contributed by atoms with Gasteiger partial charge >= 0.3 is 0 Å². The number of hydrogen-bond acceptors (Lipinski definition) is 1. The van der Waals surface area contributed by atoms with E-state index in [0.29, 0.717) is 16.6 Å². The van der Waals surface area contributed by atoms with Crippen LogP contribution in [0.15, 0.2) is 176 Å². The molecule has 0 saturated carbocycles. The molecule has 0 amide bonds. The van der Waals surface area contributed by atoms with Gasteiger partial charge < -0.3 is 18.3 Å². The molecule has 6 heteroatoms. The van der Waals surface area contributed by atoms with Crippen LogP contribution in [0.1, 0.15) is 43.8 Å². The maximum atomic E-state index is 12.4. The van der Waals surface area contributed by atoms with E-state index in [4.69, 9.17) is 11.0 Å². The Morgan fingerprint density at radius 1 is 0.500 bits per heavy atom. The van der Waals surface area contributed by atoms with Gasteiger partial charge in [0.25, 0.3) is 0 Å². The van der Waals surface area contributed by atoms with Gasteiger partial charge in [0.05, 0.1) is 92.7 Å². The van der Waals surface area contributed by atoms with Crippen molar-refractivity contribution in [3.05, 3.63) is 204 Å². The van der Waals surface area contributed by atoms with Gasteiger partial charge in [0, 0.05) is 50.3 Å². The Morgan fingerprint density at radius 2 is 0.919 bits per heavy atom. The zero-order chi connectivity index (χ0) is 54.1. The first kappa shape index (κ1) is 22.7. The molecule has 62 heavy (non-hydrogen) atoms. The Balaban J connectivity index is 1.45. The third-order valence-electron chi connectivity index (χ3n) is 11.9. The molecular formula is C56H34N6. The fraction of sp³-hybridized carbons (Fsp3) is 0.0357. The van der Waals surface area contributed by atoms with Crippen LogP contribution in [-0.4, -0.2) is 18.3 Å². The van der Waals surface area contributed by atoms with Crippen LogP contribution in [0, 0.1) is 17.9 Å². The third-order valence-corrected chi connectivity index (χ3v) is 11.9. The van der Waals surface area contributed by atoms with E-state index < -0.39 is 6.40 Å². The Morgan fingerprint density at radius 3 is 1.44 bits per heavy atom. The van der Waals surface area contributed by atoms with Crippen LogP contribution in [0.25, 0.3) is 110 Å². The number of fused-ring (bicyclic) bond motifs is 12. The van der Waals surface area contributed by atoms with Crippen LogP contribution in [0.3, 0.4) is 0 Å². The van der Waals surface area contributed by atoms with E-state index >= 15 is 0 Å². The first-order valence-corrected chi connectivity index (χ1v) is 19.7. The van der Waals surface area contributed by atoms with E-state index in [1.165, 1.54) is 94.1 Å². The largest absolute Gasteiger partial charge is 0.318 e. The van der Waals surface area contributed by atoms with Crippen molar-refractivity contribution in [1.82, 2.24) is 18.3 Å². The molecular weight excluding hydrogens is 757 g/mol. The number of rotatable bonds is 4. The normalized spacial score (nSPS) is 17.2. The molecule has 1 atom stereocenters. The van der Waals surface area contributed by atoms with E-state index in [9.17, 15) is 21.4 Å². The summed E-state index contributed by atoms with van der Waals surface area (Å²) in [6.45, 7) is 9.54. The topological polar surface area (TPSA) is 47.9 Å². The van der Waals surface area contributed by atoms with E-state index in [2.05, 4.69) is 10.9 Å². The summed E-state index contributed by atoms with van der Waals surface area (Å²) < 4.78 is 144. The molecule has 4 aromatic heterocycles. The fourth-order valence-corrected chi connectivity index (χ4v) is 9.59. The first-order valence-electron chi connectivity index (χ1n) is 27.2. The van der Waals surface area contributed by atoms with Crippen molar-refractivity contribution in [2.45, 2.75) is 12.8 Å². The number of hydrogen-bond donors (Lipinski definition) is 0. The van der Waals surface area contributed by atoms with Crippen LogP contribution in [0.5, 0.6) is 0 Å². The minimum Gasteiger partial charge on any atom is -0.318 e. The lowest BCUT2D eigenvalue weighted by molar-refractivity contribution is 0.879. The van der Waals surface area contributed by atoms with Gasteiger partial charge in [-0.2, -0.15) is 5.26 Å². The lowest BCUT2D eigenvalue weighted by Crippen LogP contribution is -2.16. The van der Waals surface area contributed by atoms with E-state index in [0.717, 1.165) is 0 Å². The van der Waals surface area contributed by atoms with Crippen molar-refractivity contribution in [2.24, 2.45) is 0 Å². The highest BCUT2D eigenvalue weighted by Crippen LogP contribution is 2.51. The summed E-state index contributed by atoms with van der Waals surface area (Å²) in [5.41, 5.74) is 0.605. The van der Waals surface area contributed by atoms with Crippen LogP contribution >= 0.6 is 0 Å². The zero-order valence-corrected chi connectivity index (χ0v) is 32.2. The average Bonchev–Trinajstić information content (AvgIpc) is 3.97. The van der Waals surface area contributed by atoms with Gasteiger partial charge in [-0.3, -0.25) is 0 Å². The molecule has 0 aliphatic heterocycles. The molecule has 1 unspecified atom stereocenters. The maximum absolute atomic E-state index is 12.4. The van der Waals surface area contributed by atoms with Crippen LogP contribution in [-0.2, 0) is 6.42 Å². The van der Waals surface area contributed by atoms with Crippen molar-refractivity contribution in [2.75, 3.05) is 0 Å². The summed E-state index contributed by atoms with van der Waals surface area (Å²) in [5.74, 6) is 0. The second kappa shape index (κ2) is 13.0. The van der Waals surface area contributed by atoms with Crippen molar-refractivity contribution < 1.29 is 20.6 Å². The number of aromatic nitrogens is 4. The lowest BCUT2D eigenvalue weighted by atomic mass is 10.0. The number of benzene rings is 8. The van der Waals surface area contributed by atoms with Crippen molar-refractivity contribution in [3.63, 3.8) is 0 Å². The fourth-order valence-electron chi connectivity index (χ4n) is 9.59. The Hall–Kier alpha value is -8.58. The lowest BCUT2D eigenvalue weighted by Gasteiger charge is -2.28. The summed E-state index contributed by atoms with van der Waals surface area (Å²) >= 11 is 0.